The summed E-state index contributed by atoms with van der Waals surface area (Å²) in [6, 6.07) is 6.98. The van der Waals surface area contributed by atoms with Crippen molar-refractivity contribution in [2.24, 2.45) is 11.7 Å². The van der Waals surface area contributed by atoms with Crippen molar-refractivity contribution in [3.05, 3.63) is 29.3 Å². The van der Waals surface area contributed by atoms with Gasteiger partial charge in [0.1, 0.15) is 18.0 Å². The van der Waals surface area contributed by atoms with Gasteiger partial charge in [0.2, 0.25) is 11.8 Å². The molecule has 1 saturated heterocycles. The summed E-state index contributed by atoms with van der Waals surface area (Å²) in [6.07, 6.45) is 6.52. The summed E-state index contributed by atoms with van der Waals surface area (Å²) in [5.74, 6) is 0.950. The van der Waals surface area contributed by atoms with Crippen LogP contribution in [0.25, 0.3) is 0 Å². The van der Waals surface area contributed by atoms with Crippen molar-refractivity contribution in [3.8, 4) is 5.75 Å². The van der Waals surface area contributed by atoms with Gasteiger partial charge < -0.3 is 20.1 Å². The Labute approximate surface area is 171 Å². The average molecular weight is 409 g/mol. The van der Waals surface area contributed by atoms with E-state index >= 15 is 0 Å². The minimum Gasteiger partial charge on any atom is -0.490 e. The molecule has 0 radical (unpaired) electrons. The quantitative estimate of drug-likeness (QED) is 0.716. The summed E-state index contributed by atoms with van der Waals surface area (Å²) in [6.45, 7) is 1.36. The molecule has 1 atom stereocenters. The summed E-state index contributed by atoms with van der Waals surface area (Å²) in [5.41, 5.74) is 4.54. The third-order valence-electron chi connectivity index (χ3n) is 5.65. The summed E-state index contributed by atoms with van der Waals surface area (Å²) in [7, 11) is 0. The van der Waals surface area contributed by atoms with Crippen LogP contribution in [-0.4, -0.2) is 48.6 Å². The number of halogens is 1. The fourth-order valence-electron chi connectivity index (χ4n) is 4.15. The number of hydrogen-bond donors (Lipinski definition) is 1. The predicted molar refractivity (Wildman–Crippen MR) is 107 cm³/mol. The van der Waals surface area contributed by atoms with Gasteiger partial charge in [-0.25, -0.2) is 0 Å². The number of benzene rings is 1. The summed E-state index contributed by atoms with van der Waals surface area (Å²) < 4.78 is 11.8. The van der Waals surface area contributed by atoms with Crippen LogP contribution in [0.15, 0.2) is 24.3 Å². The molecule has 1 heterocycles. The van der Waals surface area contributed by atoms with Gasteiger partial charge in [0.15, 0.2) is 0 Å². The second-order valence-electron chi connectivity index (χ2n) is 7.92. The summed E-state index contributed by atoms with van der Waals surface area (Å²) in [4.78, 5) is 26.2. The molecule has 2 fully saturated rings. The molecule has 2 N–H and O–H groups in total. The standard InChI is InChI=1S/C21H29ClN2O4/c22-17-6-8-18(9-7-17)27-15-21(13-19(23)25)14-24(11-12-28-21)20(26)10-5-16-3-1-2-4-16/h6-9,16H,1-5,10-15H2,(H2,23,25). The van der Waals surface area contributed by atoms with E-state index < -0.39 is 11.5 Å². The number of nitrogens with two attached hydrogens (primary N) is 1. The fourth-order valence-corrected chi connectivity index (χ4v) is 4.28. The van der Waals surface area contributed by atoms with Gasteiger partial charge in [-0.3, -0.25) is 9.59 Å². The number of nitrogens with zero attached hydrogens (tertiary/aromatic N) is 1. The molecule has 28 heavy (non-hydrogen) atoms. The normalized spacial score (nSPS) is 23.0. The van der Waals surface area contributed by atoms with Crippen molar-refractivity contribution in [3.63, 3.8) is 0 Å². The molecule has 1 aromatic carbocycles. The number of hydrogen-bond acceptors (Lipinski definition) is 4. The number of primary amides is 1. The maximum atomic E-state index is 12.7. The first kappa shape index (κ1) is 20.9. The molecule has 1 aliphatic carbocycles. The van der Waals surface area contributed by atoms with E-state index in [0.29, 0.717) is 42.8 Å². The Morgan fingerprint density at radius 1 is 1.25 bits per heavy atom. The zero-order valence-corrected chi connectivity index (χ0v) is 17.0. The van der Waals surface area contributed by atoms with Gasteiger partial charge in [0.05, 0.1) is 19.6 Å². The molecule has 2 aliphatic rings. The van der Waals surface area contributed by atoms with Crippen LogP contribution in [0.3, 0.4) is 0 Å². The first-order valence-corrected chi connectivity index (χ1v) is 10.4. The van der Waals surface area contributed by atoms with Crippen LogP contribution >= 0.6 is 11.6 Å². The molecule has 1 unspecified atom stereocenters. The molecule has 0 spiro atoms. The molecule has 7 heteroatoms. The minimum atomic E-state index is -0.924. The van der Waals surface area contributed by atoms with Crippen molar-refractivity contribution in [1.29, 1.82) is 0 Å². The zero-order valence-electron chi connectivity index (χ0n) is 16.2. The molecule has 0 aromatic heterocycles. The predicted octanol–water partition coefficient (Wildman–Crippen LogP) is 3.16. The zero-order chi connectivity index (χ0) is 20.0. The first-order chi connectivity index (χ1) is 13.5. The topological polar surface area (TPSA) is 81.9 Å². The van der Waals surface area contributed by atoms with Crippen molar-refractivity contribution in [1.82, 2.24) is 4.90 Å². The SMILES string of the molecule is NC(=O)CC1(COc2ccc(Cl)cc2)CN(C(=O)CCC2CCCC2)CCO1. The highest BCUT2D eigenvalue weighted by atomic mass is 35.5. The van der Waals surface area contributed by atoms with Gasteiger partial charge in [0.25, 0.3) is 0 Å². The van der Waals surface area contributed by atoms with E-state index in [1.165, 1.54) is 25.7 Å². The highest BCUT2D eigenvalue weighted by Gasteiger charge is 2.40. The minimum absolute atomic E-state index is 0.00694. The number of ether oxygens (including phenoxy) is 2. The van der Waals surface area contributed by atoms with Gasteiger partial charge >= 0.3 is 0 Å². The van der Waals surface area contributed by atoms with Crippen LogP contribution in [0, 0.1) is 5.92 Å². The lowest BCUT2D eigenvalue weighted by Crippen LogP contribution is -2.58. The number of rotatable bonds is 8. The van der Waals surface area contributed by atoms with E-state index in [-0.39, 0.29) is 18.9 Å². The van der Waals surface area contributed by atoms with E-state index in [1.54, 1.807) is 29.2 Å². The smallest absolute Gasteiger partial charge is 0.222 e. The van der Waals surface area contributed by atoms with E-state index in [9.17, 15) is 9.59 Å². The van der Waals surface area contributed by atoms with Crippen LogP contribution in [0.2, 0.25) is 5.02 Å². The Balaban J connectivity index is 1.60. The number of amides is 2. The molecule has 3 rings (SSSR count). The Hall–Kier alpha value is -1.79. The third-order valence-corrected chi connectivity index (χ3v) is 5.91. The lowest BCUT2D eigenvalue weighted by atomic mass is 9.96. The van der Waals surface area contributed by atoms with E-state index in [2.05, 4.69) is 0 Å². The molecular formula is C21H29ClN2O4. The summed E-state index contributed by atoms with van der Waals surface area (Å²) >= 11 is 5.90. The third kappa shape index (κ3) is 5.85. The van der Waals surface area contributed by atoms with Gasteiger partial charge in [-0.15, -0.1) is 0 Å². The summed E-state index contributed by atoms with van der Waals surface area (Å²) in [5, 5.41) is 0.618. The lowest BCUT2D eigenvalue weighted by Gasteiger charge is -2.42. The van der Waals surface area contributed by atoms with Gasteiger partial charge in [-0.2, -0.15) is 0 Å². The van der Waals surface area contributed by atoms with Crippen molar-refractivity contribution in [2.45, 2.75) is 50.5 Å². The van der Waals surface area contributed by atoms with E-state index in [0.717, 1.165) is 6.42 Å². The molecule has 154 valence electrons. The van der Waals surface area contributed by atoms with Gasteiger partial charge in [-0.1, -0.05) is 37.3 Å². The molecule has 1 saturated carbocycles. The maximum Gasteiger partial charge on any atom is 0.222 e. The molecule has 1 aromatic rings. The Morgan fingerprint density at radius 2 is 1.96 bits per heavy atom. The van der Waals surface area contributed by atoms with E-state index in [4.69, 9.17) is 26.8 Å². The van der Waals surface area contributed by atoms with Crippen LogP contribution in [0.4, 0.5) is 0 Å². The van der Waals surface area contributed by atoms with E-state index in [1.807, 2.05) is 0 Å². The first-order valence-electron chi connectivity index (χ1n) is 10.0. The molecule has 2 amide bonds. The Morgan fingerprint density at radius 3 is 2.64 bits per heavy atom. The van der Waals surface area contributed by atoms with Crippen LogP contribution in [0.5, 0.6) is 5.75 Å². The maximum absolute atomic E-state index is 12.7. The van der Waals surface area contributed by atoms with Gasteiger partial charge in [0, 0.05) is 18.0 Å². The molecule has 0 bridgehead atoms. The molecular weight excluding hydrogens is 380 g/mol. The fraction of sp³-hybridized carbons (Fsp3) is 0.619. The van der Waals surface area contributed by atoms with Crippen molar-refractivity contribution < 1.29 is 19.1 Å². The lowest BCUT2D eigenvalue weighted by molar-refractivity contribution is -0.162. The van der Waals surface area contributed by atoms with Gasteiger partial charge in [-0.05, 0) is 36.6 Å². The molecule has 6 nitrogen and oxygen atoms in total. The number of morpholine rings is 1. The second kappa shape index (κ2) is 9.61. The number of carbonyl (C=O) groups excluding carboxylic acids is 2. The highest BCUT2D eigenvalue weighted by molar-refractivity contribution is 6.30. The Bertz CT molecular complexity index is 675. The Kier molecular flexibility index (Phi) is 7.18. The van der Waals surface area contributed by atoms with Crippen LogP contribution < -0.4 is 10.5 Å². The monoisotopic (exact) mass is 408 g/mol. The largest absolute Gasteiger partial charge is 0.490 e. The van der Waals surface area contributed by atoms with Crippen molar-refractivity contribution >= 4 is 23.4 Å². The van der Waals surface area contributed by atoms with Crippen LogP contribution in [-0.2, 0) is 14.3 Å². The second-order valence-corrected chi connectivity index (χ2v) is 8.36. The average Bonchev–Trinajstić information content (AvgIpc) is 3.19. The van der Waals surface area contributed by atoms with Crippen LogP contribution in [0.1, 0.15) is 44.9 Å². The highest BCUT2D eigenvalue weighted by Crippen LogP contribution is 2.30. The van der Waals surface area contributed by atoms with Crippen molar-refractivity contribution in [2.75, 3.05) is 26.3 Å². The molecule has 1 aliphatic heterocycles. The number of carbonyl (C=O) groups is 2.